The van der Waals surface area contributed by atoms with Gasteiger partial charge in [-0.25, -0.2) is 4.98 Å². The maximum atomic E-state index is 12.6. The van der Waals surface area contributed by atoms with E-state index in [1.165, 1.54) is 4.90 Å². The summed E-state index contributed by atoms with van der Waals surface area (Å²) < 4.78 is 5.26. The molecule has 1 aliphatic heterocycles. The summed E-state index contributed by atoms with van der Waals surface area (Å²) in [4.78, 5) is 21.5. The molecule has 6 heteroatoms. The Bertz CT molecular complexity index is 819. The molecule has 1 unspecified atom stereocenters. The number of nitrogens with one attached hydrogen (secondary N) is 2. The zero-order valence-corrected chi connectivity index (χ0v) is 16.3. The Hall–Kier alpha value is -2.18. The lowest BCUT2D eigenvalue weighted by Gasteiger charge is -2.26. The highest BCUT2D eigenvalue weighted by Crippen LogP contribution is 2.15. The lowest BCUT2D eigenvalue weighted by atomic mass is 10.0. The number of aromatic amines is 1. The van der Waals surface area contributed by atoms with Crippen molar-refractivity contribution in [1.82, 2.24) is 9.97 Å². The third-order valence-electron chi connectivity index (χ3n) is 5.21. The second-order valence-electron chi connectivity index (χ2n) is 7.39. The van der Waals surface area contributed by atoms with Gasteiger partial charge in [-0.05, 0) is 24.1 Å². The highest BCUT2D eigenvalue weighted by molar-refractivity contribution is 5.30. The highest BCUT2D eigenvalue weighted by atomic mass is 16.5. The zero-order valence-electron chi connectivity index (χ0n) is 16.3. The summed E-state index contributed by atoms with van der Waals surface area (Å²) in [7, 11) is 1.64. The molecule has 0 radical (unpaired) electrons. The van der Waals surface area contributed by atoms with Gasteiger partial charge < -0.3 is 19.7 Å². The molecule has 1 aliphatic rings. The number of aromatic nitrogens is 2. The average molecular weight is 372 g/mol. The minimum Gasteiger partial charge on any atom is -0.497 e. The fourth-order valence-corrected chi connectivity index (χ4v) is 3.73. The van der Waals surface area contributed by atoms with E-state index in [4.69, 9.17) is 9.72 Å². The standard InChI is InChI=1S/C21H29N3O3/c1-3-4-7-16(25)13-24-10-9-19-18(14-24)21(26)23-20(22-19)12-15-6-5-8-17(11-15)27-2/h5-6,8,11,16,25H,3-4,7,9-10,12-14H2,1-2H3,(H,22,23,26)/p+1/t16-/m1/s1. The van der Waals surface area contributed by atoms with E-state index >= 15 is 0 Å². The number of nitrogens with zero attached hydrogens (tertiary/aromatic N) is 1. The van der Waals surface area contributed by atoms with Gasteiger partial charge in [-0.3, -0.25) is 4.79 Å². The number of hydrogen-bond acceptors (Lipinski definition) is 4. The molecule has 3 N–H and O–H groups in total. The normalized spacial score (nSPS) is 17.4. The SMILES string of the molecule is CCCC[C@@H](O)C[NH+]1CCc2nc(Cc3cccc(OC)c3)[nH]c(=O)c2C1. The molecule has 2 atom stereocenters. The second kappa shape index (κ2) is 9.15. The summed E-state index contributed by atoms with van der Waals surface area (Å²) in [5.41, 5.74) is 2.69. The molecule has 3 rings (SSSR count). The number of rotatable bonds is 8. The Balaban J connectivity index is 1.69. The number of benzene rings is 1. The smallest absolute Gasteiger partial charge is 0.260 e. The topological polar surface area (TPSA) is 79.7 Å². The molecule has 0 bridgehead atoms. The Kier molecular flexibility index (Phi) is 6.63. The summed E-state index contributed by atoms with van der Waals surface area (Å²) in [5.74, 6) is 1.49. The van der Waals surface area contributed by atoms with E-state index in [1.807, 2.05) is 24.3 Å². The second-order valence-corrected chi connectivity index (χ2v) is 7.39. The van der Waals surface area contributed by atoms with E-state index in [2.05, 4.69) is 11.9 Å². The molecule has 0 aliphatic carbocycles. The fraction of sp³-hybridized carbons (Fsp3) is 0.524. The van der Waals surface area contributed by atoms with Gasteiger partial charge in [-0.15, -0.1) is 0 Å². The van der Waals surface area contributed by atoms with Gasteiger partial charge in [0.05, 0.1) is 24.9 Å². The first-order valence-corrected chi connectivity index (χ1v) is 9.84. The monoisotopic (exact) mass is 372 g/mol. The number of H-pyrrole nitrogens is 1. The van der Waals surface area contributed by atoms with Gasteiger partial charge in [0.1, 0.15) is 30.8 Å². The number of aliphatic hydroxyl groups excluding tert-OH is 1. The van der Waals surface area contributed by atoms with E-state index in [0.29, 0.717) is 25.3 Å². The molecule has 0 saturated heterocycles. The van der Waals surface area contributed by atoms with Crippen LogP contribution < -0.4 is 15.2 Å². The van der Waals surface area contributed by atoms with Crippen LogP contribution in [0.1, 0.15) is 48.8 Å². The molecule has 1 aromatic heterocycles. The molecular formula is C21H30N3O3+. The number of fused-ring (bicyclic) bond motifs is 1. The van der Waals surface area contributed by atoms with Crippen LogP contribution in [0.5, 0.6) is 5.75 Å². The third-order valence-corrected chi connectivity index (χ3v) is 5.21. The van der Waals surface area contributed by atoms with Gasteiger partial charge in [-0.1, -0.05) is 31.9 Å². The molecule has 6 nitrogen and oxygen atoms in total. The van der Waals surface area contributed by atoms with Crippen molar-refractivity contribution in [2.75, 3.05) is 20.2 Å². The first-order chi connectivity index (χ1) is 13.1. The molecule has 0 amide bonds. The largest absolute Gasteiger partial charge is 0.497 e. The molecular weight excluding hydrogens is 342 g/mol. The first kappa shape index (κ1) is 19.6. The van der Waals surface area contributed by atoms with E-state index in [9.17, 15) is 9.90 Å². The van der Waals surface area contributed by atoms with Crippen LogP contribution in [0.25, 0.3) is 0 Å². The van der Waals surface area contributed by atoms with Crippen molar-refractivity contribution in [2.24, 2.45) is 0 Å². The first-order valence-electron chi connectivity index (χ1n) is 9.84. The molecule has 146 valence electrons. The zero-order chi connectivity index (χ0) is 19.2. The van der Waals surface area contributed by atoms with Crippen LogP contribution in [0.15, 0.2) is 29.1 Å². The minimum atomic E-state index is -0.291. The number of methoxy groups -OCH3 is 1. The van der Waals surface area contributed by atoms with Crippen LogP contribution >= 0.6 is 0 Å². The van der Waals surface area contributed by atoms with E-state index in [-0.39, 0.29) is 11.7 Å². The lowest BCUT2D eigenvalue weighted by Crippen LogP contribution is -3.13. The summed E-state index contributed by atoms with van der Waals surface area (Å²) in [6.07, 6.45) is 4.03. The molecule has 27 heavy (non-hydrogen) atoms. The quantitative estimate of drug-likeness (QED) is 0.642. The Morgan fingerprint density at radius 1 is 1.41 bits per heavy atom. The Morgan fingerprint density at radius 3 is 3.04 bits per heavy atom. The minimum absolute atomic E-state index is 0.0434. The predicted octanol–water partition coefficient (Wildman–Crippen LogP) is 0.861. The Labute approximate surface area is 160 Å². The van der Waals surface area contributed by atoms with Crippen molar-refractivity contribution in [3.05, 3.63) is 57.3 Å². The maximum Gasteiger partial charge on any atom is 0.260 e. The third kappa shape index (κ3) is 5.17. The predicted molar refractivity (Wildman–Crippen MR) is 104 cm³/mol. The molecule has 0 spiro atoms. The van der Waals surface area contributed by atoms with Gasteiger partial charge >= 0.3 is 0 Å². The number of ether oxygens (including phenoxy) is 1. The van der Waals surface area contributed by atoms with Crippen LogP contribution in [0.2, 0.25) is 0 Å². The van der Waals surface area contributed by atoms with Crippen LogP contribution in [0.4, 0.5) is 0 Å². The maximum absolute atomic E-state index is 12.6. The molecule has 0 saturated carbocycles. The summed E-state index contributed by atoms with van der Waals surface area (Å²) in [6, 6.07) is 7.81. The van der Waals surface area contributed by atoms with E-state index < -0.39 is 0 Å². The highest BCUT2D eigenvalue weighted by Gasteiger charge is 2.25. The van der Waals surface area contributed by atoms with E-state index in [0.717, 1.165) is 54.8 Å². The molecule has 2 aromatic rings. The average Bonchev–Trinajstić information content (AvgIpc) is 2.67. The number of unbranched alkanes of at least 4 members (excludes halogenated alkanes) is 1. The van der Waals surface area contributed by atoms with Crippen LogP contribution in [-0.2, 0) is 19.4 Å². The fourth-order valence-electron chi connectivity index (χ4n) is 3.73. The van der Waals surface area contributed by atoms with Crippen molar-refractivity contribution in [2.45, 2.75) is 51.7 Å². The lowest BCUT2D eigenvalue weighted by molar-refractivity contribution is -0.919. The summed E-state index contributed by atoms with van der Waals surface area (Å²) in [6.45, 7) is 4.38. The summed E-state index contributed by atoms with van der Waals surface area (Å²) in [5, 5.41) is 10.2. The van der Waals surface area contributed by atoms with Gasteiger partial charge in [0, 0.05) is 12.8 Å². The van der Waals surface area contributed by atoms with Crippen molar-refractivity contribution in [3.63, 3.8) is 0 Å². The molecule has 1 aromatic carbocycles. The van der Waals surface area contributed by atoms with Crippen LogP contribution in [0, 0.1) is 0 Å². The van der Waals surface area contributed by atoms with Crippen molar-refractivity contribution < 1.29 is 14.7 Å². The van der Waals surface area contributed by atoms with Gasteiger partial charge in [0.2, 0.25) is 0 Å². The van der Waals surface area contributed by atoms with Crippen molar-refractivity contribution >= 4 is 0 Å². The molecule has 2 heterocycles. The van der Waals surface area contributed by atoms with Gasteiger partial charge in [0.25, 0.3) is 5.56 Å². The number of hydrogen-bond donors (Lipinski definition) is 3. The molecule has 0 fully saturated rings. The van der Waals surface area contributed by atoms with Gasteiger partial charge in [-0.2, -0.15) is 0 Å². The van der Waals surface area contributed by atoms with Crippen molar-refractivity contribution in [1.29, 1.82) is 0 Å². The Morgan fingerprint density at radius 2 is 2.26 bits per heavy atom. The van der Waals surface area contributed by atoms with E-state index in [1.54, 1.807) is 7.11 Å². The van der Waals surface area contributed by atoms with Crippen molar-refractivity contribution in [3.8, 4) is 5.75 Å². The number of quaternary nitrogens is 1. The van der Waals surface area contributed by atoms with Gasteiger partial charge in [0.15, 0.2) is 0 Å². The summed E-state index contributed by atoms with van der Waals surface area (Å²) >= 11 is 0. The van der Waals surface area contributed by atoms with Crippen LogP contribution in [-0.4, -0.2) is 41.4 Å². The van der Waals surface area contributed by atoms with Crippen LogP contribution in [0.3, 0.4) is 0 Å². The number of aliphatic hydroxyl groups is 1.